The number of aliphatic hydroxyl groups is 1. The third-order valence-electron chi connectivity index (χ3n) is 3.34. The molecular formula is C15H16ClN3O3. The second kappa shape index (κ2) is 6.29. The van der Waals surface area contributed by atoms with Crippen molar-refractivity contribution in [2.75, 3.05) is 11.9 Å². The van der Waals surface area contributed by atoms with E-state index in [-0.39, 0.29) is 12.2 Å². The molecule has 2 N–H and O–H groups in total. The Morgan fingerprint density at radius 3 is 2.77 bits per heavy atom. The number of benzene rings is 1. The first-order valence-electron chi connectivity index (χ1n) is 6.63. The lowest BCUT2D eigenvalue weighted by Gasteiger charge is -2.24. The van der Waals surface area contributed by atoms with Crippen LogP contribution in [0.2, 0.25) is 5.02 Å². The lowest BCUT2D eigenvalue weighted by Crippen LogP contribution is -2.31. The van der Waals surface area contributed by atoms with Crippen molar-refractivity contribution in [3.05, 3.63) is 62.8 Å². The Balaban J connectivity index is 2.12. The van der Waals surface area contributed by atoms with Crippen molar-refractivity contribution in [3.8, 4) is 0 Å². The van der Waals surface area contributed by atoms with Gasteiger partial charge in [-0.2, -0.15) is 0 Å². The molecule has 116 valence electrons. The number of hydrogen-bond acceptors (Lipinski definition) is 5. The monoisotopic (exact) mass is 321 g/mol. The topological polar surface area (TPSA) is 88.3 Å². The Morgan fingerprint density at radius 1 is 1.45 bits per heavy atom. The second-order valence-electron chi connectivity index (χ2n) is 5.25. The highest BCUT2D eigenvalue weighted by Gasteiger charge is 2.23. The summed E-state index contributed by atoms with van der Waals surface area (Å²) in [7, 11) is 0. The molecule has 0 aliphatic heterocycles. The lowest BCUT2D eigenvalue weighted by molar-refractivity contribution is -0.385. The van der Waals surface area contributed by atoms with Gasteiger partial charge in [-0.1, -0.05) is 23.7 Å². The lowest BCUT2D eigenvalue weighted by atomic mass is 9.96. The number of nitro groups is 1. The molecule has 7 heteroatoms. The zero-order valence-electron chi connectivity index (χ0n) is 12.2. The van der Waals surface area contributed by atoms with E-state index in [1.165, 1.54) is 6.20 Å². The van der Waals surface area contributed by atoms with Crippen molar-refractivity contribution in [1.82, 2.24) is 4.98 Å². The van der Waals surface area contributed by atoms with Gasteiger partial charge in [-0.15, -0.1) is 0 Å². The summed E-state index contributed by atoms with van der Waals surface area (Å²) in [4.78, 5) is 14.3. The van der Waals surface area contributed by atoms with Crippen molar-refractivity contribution in [2.45, 2.75) is 19.4 Å². The maximum absolute atomic E-state index is 10.8. The minimum absolute atomic E-state index is 0.0350. The Kier molecular flexibility index (Phi) is 4.63. The van der Waals surface area contributed by atoms with Gasteiger partial charge in [0.05, 0.1) is 4.92 Å². The van der Waals surface area contributed by atoms with Gasteiger partial charge in [-0.05, 0) is 37.6 Å². The van der Waals surface area contributed by atoms with E-state index in [1.54, 1.807) is 44.2 Å². The number of hydrogen-bond donors (Lipinski definition) is 2. The molecule has 0 radical (unpaired) electrons. The first kappa shape index (κ1) is 16.2. The van der Waals surface area contributed by atoms with Crippen molar-refractivity contribution >= 4 is 23.1 Å². The highest BCUT2D eigenvalue weighted by atomic mass is 35.5. The summed E-state index contributed by atoms with van der Waals surface area (Å²) in [5, 5.41) is 24.8. The second-order valence-corrected chi connectivity index (χ2v) is 5.69. The van der Waals surface area contributed by atoms with Gasteiger partial charge in [0.1, 0.15) is 17.6 Å². The number of aryl methyl sites for hydroxylation is 1. The summed E-state index contributed by atoms with van der Waals surface area (Å²) in [5.74, 6) is 0.463. The van der Waals surface area contributed by atoms with Gasteiger partial charge >= 0.3 is 0 Å². The van der Waals surface area contributed by atoms with Crippen LogP contribution in [0.3, 0.4) is 0 Å². The first-order chi connectivity index (χ1) is 10.3. The minimum Gasteiger partial charge on any atom is -0.384 e. The van der Waals surface area contributed by atoms with E-state index in [0.29, 0.717) is 22.0 Å². The highest BCUT2D eigenvalue weighted by Crippen LogP contribution is 2.25. The molecule has 0 spiro atoms. The first-order valence-corrected chi connectivity index (χ1v) is 7.01. The van der Waals surface area contributed by atoms with Crippen LogP contribution in [0.1, 0.15) is 18.1 Å². The van der Waals surface area contributed by atoms with E-state index in [0.717, 1.165) is 0 Å². The molecule has 0 amide bonds. The molecule has 0 aliphatic rings. The van der Waals surface area contributed by atoms with Crippen LogP contribution in [0.4, 0.5) is 11.5 Å². The third-order valence-corrected chi connectivity index (χ3v) is 3.58. The van der Waals surface area contributed by atoms with E-state index >= 15 is 0 Å². The van der Waals surface area contributed by atoms with E-state index < -0.39 is 10.5 Å². The van der Waals surface area contributed by atoms with Crippen LogP contribution in [0, 0.1) is 17.0 Å². The molecule has 1 aromatic carbocycles. The molecule has 0 bridgehead atoms. The van der Waals surface area contributed by atoms with Gasteiger partial charge in [0.25, 0.3) is 5.69 Å². The van der Waals surface area contributed by atoms with E-state index in [2.05, 4.69) is 10.3 Å². The number of aromatic nitrogens is 1. The predicted molar refractivity (Wildman–Crippen MR) is 85.1 cm³/mol. The number of anilines is 1. The summed E-state index contributed by atoms with van der Waals surface area (Å²) in [6.07, 6.45) is 1.20. The molecule has 0 saturated carbocycles. The number of rotatable bonds is 5. The van der Waals surface area contributed by atoms with Crippen LogP contribution < -0.4 is 5.32 Å². The fraction of sp³-hybridized carbons (Fsp3) is 0.267. The molecule has 22 heavy (non-hydrogen) atoms. The van der Waals surface area contributed by atoms with E-state index in [1.807, 2.05) is 0 Å². The van der Waals surface area contributed by atoms with Crippen LogP contribution in [0.5, 0.6) is 0 Å². The Bertz CT molecular complexity index is 704. The Hall–Kier alpha value is -2.18. The summed E-state index contributed by atoms with van der Waals surface area (Å²) in [6.45, 7) is 3.49. The van der Waals surface area contributed by atoms with Crippen molar-refractivity contribution in [2.24, 2.45) is 0 Å². The van der Waals surface area contributed by atoms with Gasteiger partial charge in [-0.25, -0.2) is 4.98 Å². The smallest absolute Gasteiger partial charge is 0.290 e. The van der Waals surface area contributed by atoms with Crippen LogP contribution in [-0.4, -0.2) is 21.6 Å². The zero-order chi connectivity index (χ0) is 16.3. The zero-order valence-corrected chi connectivity index (χ0v) is 13.0. The number of nitrogens with one attached hydrogen (secondary N) is 1. The van der Waals surface area contributed by atoms with Gasteiger partial charge in [0.2, 0.25) is 0 Å². The molecule has 0 aliphatic carbocycles. The Labute approximate surface area is 132 Å². The maximum Gasteiger partial charge on any atom is 0.290 e. The van der Waals surface area contributed by atoms with E-state index in [9.17, 15) is 15.2 Å². The van der Waals surface area contributed by atoms with Gasteiger partial charge < -0.3 is 10.4 Å². The minimum atomic E-state index is -1.15. The van der Waals surface area contributed by atoms with Gasteiger partial charge in [0.15, 0.2) is 0 Å². The molecule has 0 saturated heterocycles. The standard InChI is InChI=1S/C15H16ClN3O3/c1-10-6-14(17-8-13(10)19(21)22)18-9-15(2,20)11-4-3-5-12(16)7-11/h3-8,20H,9H2,1-2H3,(H,17,18). The molecular weight excluding hydrogens is 306 g/mol. The van der Waals surface area contributed by atoms with Crippen molar-refractivity contribution in [1.29, 1.82) is 0 Å². The average Bonchev–Trinajstić information content (AvgIpc) is 2.45. The molecule has 0 fully saturated rings. The summed E-state index contributed by atoms with van der Waals surface area (Å²) < 4.78 is 0. The number of pyridine rings is 1. The predicted octanol–water partition coefficient (Wildman–Crippen LogP) is 3.27. The number of nitrogens with zero attached hydrogens (tertiary/aromatic N) is 2. The van der Waals surface area contributed by atoms with Crippen LogP contribution >= 0.6 is 11.6 Å². The molecule has 2 rings (SSSR count). The van der Waals surface area contributed by atoms with Gasteiger partial charge in [0, 0.05) is 17.1 Å². The maximum atomic E-state index is 10.8. The normalized spacial score (nSPS) is 13.5. The molecule has 1 aromatic heterocycles. The van der Waals surface area contributed by atoms with Crippen LogP contribution in [0.15, 0.2) is 36.5 Å². The molecule has 2 aromatic rings. The molecule has 6 nitrogen and oxygen atoms in total. The molecule has 1 unspecified atom stereocenters. The number of halogens is 1. The summed E-state index contributed by atoms with van der Waals surface area (Å²) in [6, 6.07) is 8.54. The molecule has 1 atom stereocenters. The third kappa shape index (κ3) is 3.72. The van der Waals surface area contributed by atoms with Crippen LogP contribution in [0.25, 0.3) is 0 Å². The fourth-order valence-electron chi connectivity index (χ4n) is 2.02. The fourth-order valence-corrected chi connectivity index (χ4v) is 2.22. The largest absolute Gasteiger partial charge is 0.384 e. The highest BCUT2D eigenvalue weighted by molar-refractivity contribution is 6.30. The van der Waals surface area contributed by atoms with Crippen molar-refractivity contribution in [3.63, 3.8) is 0 Å². The average molecular weight is 322 g/mol. The summed E-state index contributed by atoms with van der Waals surface area (Å²) in [5.41, 5.74) is -0.00870. The molecule has 1 heterocycles. The van der Waals surface area contributed by atoms with Gasteiger partial charge in [-0.3, -0.25) is 10.1 Å². The van der Waals surface area contributed by atoms with E-state index in [4.69, 9.17) is 11.6 Å². The van der Waals surface area contributed by atoms with Crippen molar-refractivity contribution < 1.29 is 10.0 Å². The summed E-state index contributed by atoms with van der Waals surface area (Å²) >= 11 is 5.93. The van der Waals surface area contributed by atoms with Crippen LogP contribution in [-0.2, 0) is 5.60 Å². The Morgan fingerprint density at radius 2 is 2.18 bits per heavy atom. The SMILES string of the molecule is Cc1cc(NCC(C)(O)c2cccc(Cl)c2)ncc1[N+](=O)[O-]. The quantitative estimate of drug-likeness (QED) is 0.651.